The molecule has 0 spiro atoms. The summed E-state index contributed by atoms with van der Waals surface area (Å²) < 4.78 is 21.3. The summed E-state index contributed by atoms with van der Waals surface area (Å²) in [5.74, 6) is -0.453. The lowest BCUT2D eigenvalue weighted by atomic mass is 10.1. The average Bonchev–Trinajstić information content (AvgIpc) is 3.44. The second-order valence-electron chi connectivity index (χ2n) is 7.08. The maximum atomic E-state index is 11.8. The standard InChI is InChI=1S/C17H17Cl2N7O4/c1-3-8-4-26(24-23-8)9-5-28-12-11(9)30-16(13(12)29-7(2)27)25-6-20-10-14(18)21-17(19)22-15(10)25/h4,6,9,11-13,16H,3,5H2,1-2H3/t9-,11?,12?,13+,16+/m0/s1. The Labute approximate surface area is 180 Å². The van der Waals surface area contributed by atoms with Gasteiger partial charge >= 0.3 is 5.97 Å². The zero-order chi connectivity index (χ0) is 21.0. The van der Waals surface area contributed by atoms with Crippen LogP contribution in [0.25, 0.3) is 11.2 Å². The Morgan fingerprint density at radius 2 is 2.17 bits per heavy atom. The molecule has 5 rings (SSSR count). The van der Waals surface area contributed by atoms with E-state index in [1.165, 1.54) is 13.3 Å². The van der Waals surface area contributed by atoms with Crippen molar-refractivity contribution in [1.82, 2.24) is 34.5 Å². The minimum Gasteiger partial charge on any atom is -0.455 e. The Morgan fingerprint density at radius 1 is 1.33 bits per heavy atom. The van der Waals surface area contributed by atoms with Crippen LogP contribution < -0.4 is 0 Å². The van der Waals surface area contributed by atoms with Crippen LogP contribution in [0.15, 0.2) is 12.5 Å². The van der Waals surface area contributed by atoms with Gasteiger partial charge in [0.15, 0.2) is 23.1 Å². The first kappa shape index (κ1) is 19.6. The molecule has 0 bridgehead atoms. The molecule has 13 heteroatoms. The molecule has 0 aliphatic carbocycles. The minimum atomic E-state index is -0.743. The summed E-state index contributed by atoms with van der Waals surface area (Å²) in [5, 5.41) is 8.44. The number of halogens is 2. The lowest BCUT2D eigenvalue weighted by molar-refractivity contribution is -0.158. The molecule has 158 valence electrons. The van der Waals surface area contributed by atoms with E-state index in [0.29, 0.717) is 17.8 Å². The number of aryl methyl sites for hydroxylation is 1. The monoisotopic (exact) mass is 453 g/mol. The van der Waals surface area contributed by atoms with Crippen LogP contribution >= 0.6 is 23.2 Å². The fraction of sp³-hybridized carbons (Fsp3) is 0.529. The van der Waals surface area contributed by atoms with Gasteiger partial charge < -0.3 is 14.2 Å². The number of esters is 1. The van der Waals surface area contributed by atoms with Gasteiger partial charge in [-0.15, -0.1) is 5.10 Å². The van der Waals surface area contributed by atoms with Crippen LogP contribution in [0.2, 0.25) is 10.4 Å². The average molecular weight is 454 g/mol. The van der Waals surface area contributed by atoms with E-state index in [9.17, 15) is 4.79 Å². The number of carbonyl (C=O) groups is 1. The zero-order valence-corrected chi connectivity index (χ0v) is 17.5. The normalized spacial score (nSPS) is 28.2. The Morgan fingerprint density at radius 3 is 2.90 bits per heavy atom. The van der Waals surface area contributed by atoms with Gasteiger partial charge in [-0.05, 0) is 18.0 Å². The number of rotatable bonds is 4. The van der Waals surface area contributed by atoms with Gasteiger partial charge in [0.1, 0.15) is 23.8 Å². The molecule has 3 aromatic heterocycles. The summed E-state index contributed by atoms with van der Waals surface area (Å²) in [7, 11) is 0. The molecule has 5 atom stereocenters. The smallest absolute Gasteiger partial charge is 0.303 e. The summed E-state index contributed by atoms with van der Waals surface area (Å²) >= 11 is 12.1. The van der Waals surface area contributed by atoms with Gasteiger partial charge in [-0.1, -0.05) is 23.7 Å². The highest BCUT2D eigenvalue weighted by Gasteiger charge is 2.56. The first-order valence-electron chi connectivity index (χ1n) is 9.36. The molecule has 3 aromatic rings. The molecule has 0 saturated carbocycles. The van der Waals surface area contributed by atoms with Crippen molar-refractivity contribution in [3.8, 4) is 0 Å². The van der Waals surface area contributed by atoms with E-state index < -0.39 is 30.5 Å². The lowest BCUT2D eigenvalue weighted by Crippen LogP contribution is -2.35. The molecular formula is C17H17Cl2N7O4. The zero-order valence-electron chi connectivity index (χ0n) is 16.0. The van der Waals surface area contributed by atoms with Crippen molar-refractivity contribution < 1.29 is 19.0 Å². The summed E-state index contributed by atoms with van der Waals surface area (Å²) in [6, 6.07) is -0.220. The number of nitrogens with zero attached hydrogens (tertiary/aromatic N) is 7. The fourth-order valence-electron chi connectivity index (χ4n) is 3.92. The van der Waals surface area contributed by atoms with Gasteiger partial charge in [0, 0.05) is 13.1 Å². The number of carbonyl (C=O) groups excluding carboxylic acids is 1. The van der Waals surface area contributed by atoms with E-state index >= 15 is 0 Å². The molecule has 0 radical (unpaired) electrons. The van der Waals surface area contributed by atoms with Crippen molar-refractivity contribution in [2.75, 3.05) is 6.61 Å². The largest absolute Gasteiger partial charge is 0.455 e. The molecule has 0 aromatic carbocycles. The molecule has 30 heavy (non-hydrogen) atoms. The number of hydrogen-bond acceptors (Lipinski definition) is 9. The van der Waals surface area contributed by atoms with Crippen molar-refractivity contribution in [3.63, 3.8) is 0 Å². The van der Waals surface area contributed by atoms with Crippen LogP contribution in [0.4, 0.5) is 0 Å². The number of aromatic nitrogens is 7. The Hall–Kier alpha value is -2.34. The summed E-state index contributed by atoms with van der Waals surface area (Å²) in [6.45, 7) is 3.70. The highest BCUT2D eigenvalue weighted by Crippen LogP contribution is 2.43. The quantitative estimate of drug-likeness (QED) is 0.330. The van der Waals surface area contributed by atoms with E-state index in [2.05, 4.69) is 25.3 Å². The predicted molar refractivity (Wildman–Crippen MR) is 103 cm³/mol. The highest BCUT2D eigenvalue weighted by molar-refractivity contribution is 6.35. The molecule has 0 N–H and O–H groups in total. The molecule has 2 aliphatic heterocycles. The highest BCUT2D eigenvalue weighted by atomic mass is 35.5. The van der Waals surface area contributed by atoms with E-state index in [-0.39, 0.29) is 16.5 Å². The van der Waals surface area contributed by atoms with Crippen molar-refractivity contribution >= 4 is 40.3 Å². The van der Waals surface area contributed by atoms with Crippen LogP contribution in [0.1, 0.15) is 31.8 Å². The van der Waals surface area contributed by atoms with Crippen LogP contribution in [0.3, 0.4) is 0 Å². The molecule has 2 aliphatic rings. The second kappa shape index (κ2) is 7.41. The van der Waals surface area contributed by atoms with Crippen molar-refractivity contribution in [2.24, 2.45) is 0 Å². The number of ether oxygens (including phenoxy) is 3. The maximum absolute atomic E-state index is 11.8. The SMILES string of the molecule is CCc1cn([C@H]2COC3C2O[C@@H](n2cnc4c(Cl)nc(Cl)nc42)[C@@H]3OC(C)=O)nn1. The molecule has 2 fully saturated rings. The maximum Gasteiger partial charge on any atom is 0.303 e. The Bertz CT molecular complexity index is 1120. The van der Waals surface area contributed by atoms with Crippen molar-refractivity contribution in [2.45, 2.75) is 50.8 Å². The third kappa shape index (κ3) is 3.13. The Balaban J connectivity index is 1.53. The first-order chi connectivity index (χ1) is 14.5. The van der Waals surface area contributed by atoms with Crippen LogP contribution in [0, 0.1) is 0 Å². The molecule has 0 amide bonds. The molecule has 5 heterocycles. The van der Waals surface area contributed by atoms with Gasteiger partial charge in [0.25, 0.3) is 0 Å². The third-order valence-electron chi connectivity index (χ3n) is 5.25. The predicted octanol–water partition coefficient (Wildman–Crippen LogP) is 1.76. The number of hydrogen-bond donors (Lipinski definition) is 0. The van der Waals surface area contributed by atoms with E-state index in [4.69, 9.17) is 37.4 Å². The molecule has 11 nitrogen and oxygen atoms in total. The number of imidazole rings is 1. The minimum absolute atomic E-state index is 0.0275. The van der Waals surface area contributed by atoms with Crippen LogP contribution in [0.5, 0.6) is 0 Å². The number of fused-ring (bicyclic) bond motifs is 2. The van der Waals surface area contributed by atoms with Crippen LogP contribution in [-0.4, -0.2) is 65.4 Å². The van der Waals surface area contributed by atoms with Crippen molar-refractivity contribution in [1.29, 1.82) is 0 Å². The summed E-state index contributed by atoms with van der Waals surface area (Å²) in [6.07, 6.45) is 1.75. The van der Waals surface area contributed by atoms with E-state index in [1.54, 1.807) is 9.25 Å². The summed E-state index contributed by atoms with van der Waals surface area (Å²) in [5.41, 5.74) is 1.60. The van der Waals surface area contributed by atoms with Gasteiger partial charge in [0.05, 0.1) is 18.6 Å². The second-order valence-corrected chi connectivity index (χ2v) is 7.78. The van der Waals surface area contributed by atoms with Gasteiger partial charge in [-0.2, -0.15) is 4.98 Å². The topological polar surface area (TPSA) is 119 Å². The first-order valence-corrected chi connectivity index (χ1v) is 10.1. The van der Waals surface area contributed by atoms with Gasteiger partial charge in [-0.3, -0.25) is 9.36 Å². The fourth-order valence-corrected chi connectivity index (χ4v) is 4.34. The summed E-state index contributed by atoms with van der Waals surface area (Å²) in [4.78, 5) is 24.2. The van der Waals surface area contributed by atoms with Gasteiger partial charge in [0.2, 0.25) is 5.28 Å². The van der Waals surface area contributed by atoms with Gasteiger partial charge in [-0.25, -0.2) is 14.6 Å². The lowest BCUT2D eigenvalue weighted by Gasteiger charge is -2.23. The van der Waals surface area contributed by atoms with Crippen LogP contribution in [-0.2, 0) is 25.4 Å². The molecule has 2 unspecified atom stereocenters. The van der Waals surface area contributed by atoms with Crippen molar-refractivity contribution in [3.05, 3.63) is 28.7 Å². The Kier molecular flexibility index (Phi) is 4.85. The molecular weight excluding hydrogens is 437 g/mol. The van der Waals surface area contributed by atoms with E-state index in [1.807, 2.05) is 13.1 Å². The third-order valence-corrected chi connectivity index (χ3v) is 5.68. The molecule has 2 saturated heterocycles. The van der Waals surface area contributed by atoms with E-state index in [0.717, 1.165) is 12.1 Å².